The Hall–Kier alpha value is -2.51. The summed E-state index contributed by atoms with van der Waals surface area (Å²) in [6.07, 6.45) is 4.21. The van der Waals surface area contributed by atoms with Crippen LogP contribution in [-0.4, -0.2) is 24.7 Å². The quantitative estimate of drug-likeness (QED) is 0.435. The van der Waals surface area contributed by atoms with E-state index in [1.54, 1.807) is 29.3 Å². The number of hydrogen-bond acceptors (Lipinski definition) is 6. The summed E-state index contributed by atoms with van der Waals surface area (Å²) in [5, 5.41) is 12.9. The first-order chi connectivity index (χ1) is 13.4. The van der Waals surface area contributed by atoms with Gasteiger partial charge in [0.25, 0.3) is 0 Å². The van der Waals surface area contributed by atoms with Crippen LogP contribution in [0.15, 0.2) is 65.3 Å². The number of rotatable bonds is 6. The van der Waals surface area contributed by atoms with Crippen molar-refractivity contribution in [2.45, 2.75) is 29.7 Å². The minimum Gasteiger partial charge on any atom is -0.274 e. The molecule has 5 nitrogen and oxygen atoms in total. The fourth-order valence-electron chi connectivity index (χ4n) is 2.92. The van der Waals surface area contributed by atoms with Gasteiger partial charge in [-0.3, -0.25) is 9.55 Å². The zero-order valence-corrected chi connectivity index (χ0v) is 16.2. The fourth-order valence-corrected chi connectivity index (χ4v) is 4.67. The average Bonchev–Trinajstić information content (AvgIpc) is 3.31. The van der Waals surface area contributed by atoms with Gasteiger partial charge in [0.15, 0.2) is 5.16 Å². The lowest BCUT2D eigenvalue weighted by atomic mass is 10.3. The van der Waals surface area contributed by atoms with E-state index in [4.69, 9.17) is 4.98 Å². The normalized spacial score (nSPS) is 13.8. The summed E-state index contributed by atoms with van der Waals surface area (Å²) < 4.78 is 2.20. The van der Waals surface area contributed by atoms with Crippen molar-refractivity contribution in [3.8, 4) is 16.4 Å². The van der Waals surface area contributed by atoms with Gasteiger partial charge in [-0.1, -0.05) is 36.0 Å². The van der Waals surface area contributed by atoms with Crippen LogP contribution in [-0.2, 0) is 5.75 Å². The SMILES string of the molecule is c1ccc(-n2c(SCc3csc(-c4ccccn4)n3)nnc2C2CC2)cc1. The lowest BCUT2D eigenvalue weighted by Gasteiger charge is -2.09. The lowest BCUT2D eigenvalue weighted by Crippen LogP contribution is -2.01. The van der Waals surface area contributed by atoms with Gasteiger partial charge >= 0.3 is 0 Å². The summed E-state index contributed by atoms with van der Waals surface area (Å²) in [5.74, 6) is 2.39. The minimum absolute atomic E-state index is 0.544. The molecule has 0 aliphatic heterocycles. The maximum atomic E-state index is 4.73. The lowest BCUT2D eigenvalue weighted by molar-refractivity contribution is 0.829. The van der Waals surface area contributed by atoms with Gasteiger partial charge in [0.2, 0.25) is 0 Å². The molecule has 27 heavy (non-hydrogen) atoms. The second-order valence-corrected chi connectivity index (χ2v) is 8.23. The van der Waals surface area contributed by atoms with Crippen LogP contribution in [0.5, 0.6) is 0 Å². The van der Waals surface area contributed by atoms with Gasteiger partial charge in [-0.15, -0.1) is 21.5 Å². The molecule has 1 fully saturated rings. The molecule has 0 amide bonds. The predicted octanol–water partition coefficient (Wildman–Crippen LogP) is 4.96. The molecule has 0 spiro atoms. The molecular weight excluding hydrogens is 374 g/mol. The Morgan fingerprint density at radius 1 is 1.04 bits per heavy atom. The number of aromatic nitrogens is 5. The molecule has 0 atom stereocenters. The predicted molar refractivity (Wildman–Crippen MR) is 108 cm³/mol. The van der Waals surface area contributed by atoms with E-state index >= 15 is 0 Å². The molecule has 7 heteroatoms. The van der Waals surface area contributed by atoms with Gasteiger partial charge in [0.05, 0.1) is 11.4 Å². The fraction of sp³-hybridized carbons (Fsp3) is 0.200. The van der Waals surface area contributed by atoms with Gasteiger partial charge < -0.3 is 0 Å². The third-order valence-electron chi connectivity index (χ3n) is 4.40. The van der Waals surface area contributed by atoms with E-state index in [-0.39, 0.29) is 0 Å². The summed E-state index contributed by atoms with van der Waals surface area (Å²) in [6, 6.07) is 16.3. The molecule has 4 aromatic rings. The Morgan fingerprint density at radius 2 is 1.89 bits per heavy atom. The standard InChI is InChI=1S/C20H17N5S2/c1-2-6-16(7-3-1)25-18(14-9-10-14)23-24-20(25)27-13-15-12-26-19(22-15)17-8-4-5-11-21-17/h1-8,11-12,14H,9-10,13H2. The van der Waals surface area contributed by atoms with Crippen LogP contribution in [0.25, 0.3) is 16.4 Å². The van der Waals surface area contributed by atoms with Crippen LogP contribution in [0.3, 0.4) is 0 Å². The highest BCUT2D eigenvalue weighted by Gasteiger charge is 2.31. The Kier molecular flexibility index (Phi) is 4.47. The Labute approximate surface area is 165 Å². The smallest absolute Gasteiger partial charge is 0.196 e. The number of pyridine rings is 1. The molecule has 3 heterocycles. The van der Waals surface area contributed by atoms with Crippen molar-refractivity contribution in [3.05, 3.63) is 71.6 Å². The van der Waals surface area contributed by atoms with E-state index in [9.17, 15) is 0 Å². The first-order valence-corrected chi connectivity index (χ1v) is 10.7. The second-order valence-electron chi connectivity index (χ2n) is 6.43. The highest BCUT2D eigenvalue weighted by molar-refractivity contribution is 7.98. The molecule has 1 aromatic carbocycles. The number of benzene rings is 1. The first kappa shape index (κ1) is 16.6. The Balaban J connectivity index is 1.38. The third kappa shape index (κ3) is 3.52. The molecule has 5 rings (SSSR count). The molecule has 1 aliphatic rings. The molecule has 0 bridgehead atoms. The average molecular weight is 392 g/mol. The maximum Gasteiger partial charge on any atom is 0.196 e. The zero-order valence-electron chi connectivity index (χ0n) is 14.5. The Morgan fingerprint density at radius 3 is 2.67 bits per heavy atom. The van der Waals surface area contributed by atoms with Crippen LogP contribution < -0.4 is 0 Å². The van der Waals surface area contributed by atoms with Gasteiger partial charge in [-0.25, -0.2) is 4.98 Å². The molecule has 1 aliphatic carbocycles. The zero-order chi connectivity index (χ0) is 18.1. The van der Waals surface area contributed by atoms with Gasteiger partial charge in [0.1, 0.15) is 10.8 Å². The van der Waals surface area contributed by atoms with Crippen LogP contribution in [0.1, 0.15) is 30.3 Å². The summed E-state index contributed by atoms with van der Waals surface area (Å²) in [5.41, 5.74) is 3.09. The molecule has 134 valence electrons. The van der Waals surface area contributed by atoms with E-state index in [0.29, 0.717) is 5.92 Å². The molecule has 0 saturated heterocycles. The van der Waals surface area contributed by atoms with Crippen molar-refractivity contribution in [2.24, 2.45) is 0 Å². The number of thioether (sulfide) groups is 1. The van der Waals surface area contributed by atoms with Crippen molar-refractivity contribution in [3.63, 3.8) is 0 Å². The van der Waals surface area contributed by atoms with E-state index in [0.717, 1.165) is 38.8 Å². The molecule has 0 N–H and O–H groups in total. The molecular formula is C20H17N5S2. The van der Waals surface area contributed by atoms with E-state index in [1.165, 1.54) is 12.8 Å². The largest absolute Gasteiger partial charge is 0.274 e. The molecule has 1 saturated carbocycles. The van der Waals surface area contributed by atoms with E-state index in [1.807, 2.05) is 24.3 Å². The van der Waals surface area contributed by atoms with Crippen LogP contribution in [0.4, 0.5) is 0 Å². The van der Waals surface area contributed by atoms with Crippen molar-refractivity contribution in [2.75, 3.05) is 0 Å². The number of para-hydroxylation sites is 1. The number of nitrogens with zero attached hydrogens (tertiary/aromatic N) is 5. The Bertz CT molecular complexity index is 1040. The number of hydrogen-bond donors (Lipinski definition) is 0. The van der Waals surface area contributed by atoms with E-state index < -0.39 is 0 Å². The topological polar surface area (TPSA) is 56.5 Å². The molecule has 3 aromatic heterocycles. The minimum atomic E-state index is 0.544. The van der Waals surface area contributed by atoms with Gasteiger partial charge in [-0.2, -0.15) is 0 Å². The van der Waals surface area contributed by atoms with Gasteiger partial charge in [-0.05, 0) is 37.1 Å². The molecule has 0 radical (unpaired) electrons. The summed E-state index contributed by atoms with van der Waals surface area (Å²) in [7, 11) is 0. The highest BCUT2D eigenvalue weighted by Crippen LogP contribution is 2.41. The van der Waals surface area contributed by atoms with E-state index in [2.05, 4.69) is 49.4 Å². The summed E-state index contributed by atoms with van der Waals surface area (Å²) in [6.45, 7) is 0. The van der Waals surface area contributed by atoms with Crippen LogP contribution >= 0.6 is 23.1 Å². The molecule has 0 unspecified atom stereocenters. The summed E-state index contributed by atoms with van der Waals surface area (Å²) >= 11 is 3.31. The van der Waals surface area contributed by atoms with Crippen molar-refractivity contribution in [1.29, 1.82) is 0 Å². The second kappa shape index (κ2) is 7.25. The number of thiazole rings is 1. The van der Waals surface area contributed by atoms with Gasteiger partial charge in [0, 0.05) is 28.9 Å². The monoisotopic (exact) mass is 391 g/mol. The third-order valence-corrected chi connectivity index (χ3v) is 6.28. The van der Waals surface area contributed by atoms with Crippen LogP contribution in [0, 0.1) is 0 Å². The maximum absolute atomic E-state index is 4.73. The van der Waals surface area contributed by atoms with Crippen molar-refractivity contribution >= 4 is 23.1 Å². The first-order valence-electron chi connectivity index (χ1n) is 8.88. The van der Waals surface area contributed by atoms with Crippen molar-refractivity contribution < 1.29 is 0 Å². The summed E-state index contributed by atoms with van der Waals surface area (Å²) in [4.78, 5) is 9.11. The van der Waals surface area contributed by atoms with Crippen molar-refractivity contribution in [1.82, 2.24) is 24.7 Å². The van der Waals surface area contributed by atoms with Crippen LogP contribution in [0.2, 0.25) is 0 Å². The highest BCUT2D eigenvalue weighted by atomic mass is 32.2.